The molecule has 0 saturated carbocycles. The quantitative estimate of drug-likeness (QED) is 0.415. The number of carbonyl (C=O) groups is 2. The molecule has 31 heavy (non-hydrogen) atoms. The minimum atomic E-state index is -4.73. The highest BCUT2D eigenvalue weighted by molar-refractivity contribution is 6.32. The number of nitrogens with zero attached hydrogens (tertiary/aromatic N) is 2. The van der Waals surface area contributed by atoms with Crippen molar-refractivity contribution in [2.24, 2.45) is 0 Å². The lowest BCUT2D eigenvalue weighted by Gasteiger charge is -2.45. The second-order valence-corrected chi connectivity index (χ2v) is 7.48. The van der Waals surface area contributed by atoms with E-state index in [-0.39, 0.29) is 12.6 Å². The summed E-state index contributed by atoms with van der Waals surface area (Å²) < 4.78 is 54.7. The van der Waals surface area contributed by atoms with Crippen molar-refractivity contribution in [3.8, 4) is 0 Å². The van der Waals surface area contributed by atoms with Crippen molar-refractivity contribution in [2.45, 2.75) is 31.7 Å². The summed E-state index contributed by atoms with van der Waals surface area (Å²) in [6, 6.07) is 14.3. The molecule has 0 radical (unpaired) electrons. The van der Waals surface area contributed by atoms with Gasteiger partial charge in [0.05, 0.1) is 6.04 Å². The number of rotatable bonds is 4. The van der Waals surface area contributed by atoms with Crippen LogP contribution in [-0.2, 0) is 20.9 Å². The van der Waals surface area contributed by atoms with Crippen molar-refractivity contribution in [3.63, 3.8) is 0 Å². The van der Waals surface area contributed by atoms with E-state index in [4.69, 9.17) is 0 Å². The van der Waals surface area contributed by atoms with Gasteiger partial charge in [-0.1, -0.05) is 42.5 Å². The van der Waals surface area contributed by atoms with Crippen LogP contribution in [0, 0.1) is 5.82 Å². The van der Waals surface area contributed by atoms with Crippen molar-refractivity contribution in [1.82, 2.24) is 9.80 Å². The lowest BCUT2D eigenvalue weighted by Crippen LogP contribution is -2.56. The fourth-order valence-corrected chi connectivity index (χ4v) is 3.59. The summed E-state index contributed by atoms with van der Waals surface area (Å²) in [5.74, 6) is -3.17. The molecule has 1 amide bonds. The maximum atomic E-state index is 13.4. The third-order valence-electron chi connectivity index (χ3n) is 5.15. The van der Waals surface area contributed by atoms with Crippen LogP contribution in [0.3, 0.4) is 0 Å². The van der Waals surface area contributed by atoms with E-state index >= 15 is 0 Å². The molecule has 0 N–H and O–H groups in total. The lowest BCUT2D eigenvalue weighted by molar-refractivity contribution is -0.190. The second kappa shape index (κ2) is 9.47. The molecule has 0 aromatic heterocycles. The number of benzene rings is 2. The fraction of sp³-hybridized carbons (Fsp3) is 0.364. The van der Waals surface area contributed by atoms with Crippen LogP contribution in [0.4, 0.5) is 17.6 Å². The first-order valence-corrected chi connectivity index (χ1v) is 9.72. The molecule has 0 spiro atoms. The minimum absolute atomic E-state index is 0.106. The van der Waals surface area contributed by atoms with Gasteiger partial charge in [0.2, 0.25) is 0 Å². The number of ether oxygens (including phenoxy) is 1. The van der Waals surface area contributed by atoms with E-state index in [1.165, 1.54) is 29.2 Å². The van der Waals surface area contributed by atoms with Gasteiger partial charge in [0.15, 0.2) is 6.61 Å². The molecule has 0 aliphatic carbocycles. The predicted molar refractivity (Wildman–Crippen MR) is 104 cm³/mol. The van der Waals surface area contributed by atoms with Crippen molar-refractivity contribution in [3.05, 3.63) is 71.5 Å². The molecule has 1 aliphatic heterocycles. The number of halogens is 4. The number of hydrogen-bond acceptors (Lipinski definition) is 4. The zero-order chi connectivity index (χ0) is 22.6. The molecule has 3 rings (SSSR count). The highest BCUT2D eigenvalue weighted by Gasteiger charge is 2.39. The van der Waals surface area contributed by atoms with E-state index in [0.29, 0.717) is 18.7 Å². The molecule has 0 unspecified atom stereocenters. The smallest absolute Gasteiger partial charge is 0.422 e. The van der Waals surface area contributed by atoms with Gasteiger partial charge in [-0.15, -0.1) is 0 Å². The Morgan fingerprint density at radius 2 is 1.68 bits per heavy atom. The lowest BCUT2D eigenvalue weighted by atomic mass is 9.98. The molecule has 5 nitrogen and oxygen atoms in total. The molecular weight excluding hydrogens is 416 g/mol. The number of amides is 1. The average molecular weight is 438 g/mol. The van der Waals surface area contributed by atoms with Crippen LogP contribution >= 0.6 is 0 Å². The van der Waals surface area contributed by atoms with E-state index in [1.54, 1.807) is 0 Å². The Bertz CT molecular complexity index is 903. The molecule has 2 aromatic carbocycles. The summed E-state index contributed by atoms with van der Waals surface area (Å²) in [4.78, 5) is 28.0. The van der Waals surface area contributed by atoms with Gasteiger partial charge < -0.3 is 9.64 Å². The highest BCUT2D eigenvalue weighted by Crippen LogP contribution is 2.30. The molecule has 0 bridgehead atoms. The van der Waals surface area contributed by atoms with Crippen LogP contribution < -0.4 is 0 Å². The number of piperazine rings is 1. The van der Waals surface area contributed by atoms with Crippen LogP contribution in [0.25, 0.3) is 0 Å². The van der Waals surface area contributed by atoms with Gasteiger partial charge in [0.1, 0.15) is 5.82 Å². The number of esters is 1. The van der Waals surface area contributed by atoms with Gasteiger partial charge >= 0.3 is 18.1 Å². The molecule has 1 fully saturated rings. The molecule has 2 atom stereocenters. The Hall–Kier alpha value is -2.94. The van der Waals surface area contributed by atoms with Crippen LogP contribution in [0.5, 0.6) is 0 Å². The summed E-state index contributed by atoms with van der Waals surface area (Å²) in [5.41, 5.74) is 1.62. The summed E-state index contributed by atoms with van der Waals surface area (Å²) in [7, 11) is 0. The Labute approximate surface area is 177 Å². The van der Waals surface area contributed by atoms with E-state index in [2.05, 4.69) is 9.64 Å². The molecule has 1 heterocycles. The maximum Gasteiger partial charge on any atom is 0.422 e. The Kier molecular flexibility index (Phi) is 6.94. The van der Waals surface area contributed by atoms with Gasteiger partial charge in [-0.25, -0.2) is 9.18 Å². The normalized spacial score (nSPS) is 19.8. The first-order chi connectivity index (χ1) is 14.6. The third-order valence-corrected chi connectivity index (χ3v) is 5.15. The molecule has 1 saturated heterocycles. The topological polar surface area (TPSA) is 49.9 Å². The Morgan fingerprint density at radius 1 is 1.03 bits per heavy atom. The molecule has 1 aliphatic rings. The van der Waals surface area contributed by atoms with Crippen LogP contribution in [0.15, 0.2) is 54.6 Å². The van der Waals surface area contributed by atoms with E-state index in [1.807, 2.05) is 37.3 Å². The minimum Gasteiger partial charge on any atom is -0.449 e. The Balaban J connectivity index is 1.82. The zero-order valence-corrected chi connectivity index (χ0v) is 16.8. The van der Waals surface area contributed by atoms with Gasteiger partial charge in [-0.05, 0) is 30.2 Å². The average Bonchev–Trinajstić information content (AvgIpc) is 2.73. The van der Waals surface area contributed by atoms with Crippen molar-refractivity contribution in [2.75, 3.05) is 19.7 Å². The van der Waals surface area contributed by atoms with E-state index in [9.17, 15) is 27.2 Å². The summed E-state index contributed by atoms with van der Waals surface area (Å²) in [6.07, 6.45) is -4.73. The first kappa shape index (κ1) is 22.7. The van der Waals surface area contributed by atoms with Crippen LogP contribution in [0.1, 0.15) is 24.1 Å². The summed E-state index contributed by atoms with van der Waals surface area (Å²) in [6.45, 7) is 1.04. The molecular formula is C22H22F4N2O3. The van der Waals surface area contributed by atoms with Crippen LogP contribution in [-0.4, -0.2) is 53.6 Å². The standard InChI is InChI=1S/C22H22F4N2O3/c1-15-11-28(20(29)21(30)31-14-22(24,25)26)19(17-7-9-18(23)10-8-17)13-27(15)12-16-5-3-2-4-6-16/h2-10,15,19H,11-14H2,1H3/t15-,19-/m1/s1. The van der Waals surface area contributed by atoms with E-state index < -0.39 is 36.5 Å². The SMILES string of the molecule is C[C@@H]1CN(C(=O)C(=O)OCC(F)(F)F)[C@@H](c2ccc(F)cc2)CN1Cc1ccccc1. The fourth-order valence-electron chi connectivity index (χ4n) is 3.59. The van der Waals surface area contributed by atoms with Crippen molar-refractivity contribution >= 4 is 11.9 Å². The summed E-state index contributed by atoms with van der Waals surface area (Å²) >= 11 is 0. The maximum absolute atomic E-state index is 13.4. The first-order valence-electron chi connectivity index (χ1n) is 9.72. The highest BCUT2D eigenvalue weighted by atomic mass is 19.4. The predicted octanol–water partition coefficient (Wildman–Crippen LogP) is 3.71. The Morgan fingerprint density at radius 3 is 2.29 bits per heavy atom. The van der Waals surface area contributed by atoms with Gasteiger partial charge in [-0.3, -0.25) is 9.69 Å². The molecule has 166 valence electrons. The van der Waals surface area contributed by atoms with Crippen LogP contribution in [0.2, 0.25) is 0 Å². The van der Waals surface area contributed by atoms with E-state index in [0.717, 1.165) is 5.56 Å². The van der Waals surface area contributed by atoms with Gasteiger partial charge in [-0.2, -0.15) is 13.2 Å². The number of carbonyl (C=O) groups excluding carboxylic acids is 2. The largest absolute Gasteiger partial charge is 0.449 e. The van der Waals surface area contributed by atoms with Crippen molar-refractivity contribution < 1.29 is 31.9 Å². The number of alkyl halides is 3. The second-order valence-electron chi connectivity index (χ2n) is 7.48. The molecule has 9 heteroatoms. The van der Waals surface area contributed by atoms with Gasteiger partial charge in [0.25, 0.3) is 0 Å². The monoisotopic (exact) mass is 438 g/mol. The zero-order valence-electron chi connectivity index (χ0n) is 16.8. The van der Waals surface area contributed by atoms with Crippen molar-refractivity contribution in [1.29, 1.82) is 0 Å². The van der Waals surface area contributed by atoms with Gasteiger partial charge in [0, 0.05) is 25.7 Å². The summed E-state index contributed by atoms with van der Waals surface area (Å²) in [5, 5.41) is 0. The molecule has 2 aromatic rings. The third kappa shape index (κ3) is 6.04. The number of hydrogen-bond donors (Lipinski definition) is 0.